The van der Waals surface area contributed by atoms with Gasteiger partial charge in [-0.15, -0.1) is 0 Å². The van der Waals surface area contributed by atoms with Crippen LogP contribution in [0.5, 0.6) is 5.75 Å². The number of ether oxygens (including phenoxy) is 1. The minimum absolute atomic E-state index is 0.0262. The number of carbonyl (C=O) groups excluding carboxylic acids is 2. The Bertz CT molecular complexity index is 1880. The Morgan fingerprint density at radius 3 is 2.20 bits per heavy atom. The summed E-state index contributed by atoms with van der Waals surface area (Å²) in [7, 11) is -3.07. The highest BCUT2D eigenvalue weighted by Crippen LogP contribution is 2.30. The molecule has 0 bridgehead atoms. The monoisotopic (exact) mass is 686 g/mol. The first kappa shape index (κ1) is 36.6. The van der Waals surface area contributed by atoms with Gasteiger partial charge in [0, 0.05) is 30.6 Å². The fourth-order valence-corrected chi connectivity index (χ4v) is 6.79. The van der Waals surface area contributed by atoms with Gasteiger partial charge in [-0.25, -0.2) is 8.42 Å². The Balaban J connectivity index is 1.85. The number of hydrogen-bond acceptors (Lipinski definition) is 7. The van der Waals surface area contributed by atoms with E-state index >= 15 is 0 Å². The van der Waals surface area contributed by atoms with Crippen LogP contribution in [0.3, 0.4) is 0 Å². The smallest absolute Gasteiger partial charge is 0.273 e. The second kappa shape index (κ2) is 16.2. The van der Waals surface area contributed by atoms with Gasteiger partial charge in [0.2, 0.25) is 11.8 Å². The number of nitrogens with zero attached hydrogens (tertiary/aromatic N) is 3. The summed E-state index contributed by atoms with van der Waals surface area (Å²) in [5.74, 6) is -0.543. The summed E-state index contributed by atoms with van der Waals surface area (Å²) in [4.78, 5) is 40.8. The van der Waals surface area contributed by atoms with Crippen LogP contribution >= 0.6 is 0 Å². The third-order valence-corrected chi connectivity index (χ3v) is 10.1. The lowest BCUT2D eigenvalue weighted by atomic mass is 10.0. The molecule has 4 aromatic carbocycles. The lowest BCUT2D eigenvalue weighted by Crippen LogP contribution is -2.54. The van der Waals surface area contributed by atoms with E-state index in [0.717, 1.165) is 27.1 Å². The van der Waals surface area contributed by atoms with Gasteiger partial charge in [-0.05, 0) is 68.7 Å². The molecule has 0 radical (unpaired) electrons. The molecule has 0 aromatic heterocycles. The molecule has 11 nitrogen and oxygen atoms in total. The molecule has 2 amide bonds. The van der Waals surface area contributed by atoms with Gasteiger partial charge in [0.1, 0.15) is 18.3 Å². The number of benzene rings is 4. The highest BCUT2D eigenvalue weighted by atomic mass is 32.2. The SMILES string of the molecule is CC[C@@H](C)NC(=O)[C@H](Cc1ccccc1)N(Cc1cccc(C)c1)C(=O)CN(c1ccc(OC)cc1)S(=O)(=O)c1ccc(C)c([N+](=O)[O-])c1. The van der Waals surface area contributed by atoms with Crippen molar-refractivity contribution < 1.29 is 27.7 Å². The molecule has 49 heavy (non-hydrogen) atoms. The van der Waals surface area contributed by atoms with Crippen molar-refractivity contribution in [3.63, 3.8) is 0 Å². The number of nitro benzene ring substituents is 1. The van der Waals surface area contributed by atoms with E-state index in [4.69, 9.17) is 4.74 Å². The van der Waals surface area contributed by atoms with Crippen molar-refractivity contribution in [2.45, 2.75) is 64.1 Å². The highest BCUT2D eigenvalue weighted by Gasteiger charge is 2.35. The van der Waals surface area contributed by atoms with Crippen LogP contribution in [0.4, 0.5) is 11.4 Å². The van der Waals surface area contributed by atoms with Crippen LogP contribution in [0.2, 0.25) is 0 Å². The normalized spacial score (nSPS) is 12.4. The number of aryl methyl sites for hydroxylation is 2. The summed E-state index contributed by atoms with van der Waals surface area (Å²) in [6.45, 7) is 6.59. The molecular formula is C37H42N4O7S. The zero-order chi connectivity index (χ0) is 35.7. The van der Waals surface area contributed by atoms with E-state index in [1.165, 1.54) is 43.2 Å². The lowest BCUT2D eigenvalue weighted by Gasteiger charge is -2.34. The zero-order valence-corrected chi connectivity index (χ0v) is 29.1. The van der Waals surface area contributed by atoms with Crippen molar-refractivity contribution in [3.8, 4) is 5.75 Å². The molecule has 1 N–H and O–H groups in total. The quantitative estimate of drug-likeness (QED) is 0.120. The fraction of sp³-hybridized carbons (Fsp3) is 0.297. The third kappa shape index (κ3) is 9.23. The second-order valence-electron chi connectivity index (χ2n) is 11.9. The zero-order valence-electron chi connectivity index (χ0n) is 28.3. The number of carbonyl (C=O) groups is 2. The van der Waals surface area contributed by atoms with Crippen molar-refractivity contribution in [2.75, 3.05) is 18.0 Å². The van der Waals surface area contributed by atoms with Crippen LogP contribution in [0.25, 0.3) is 0 Å². The van der Waals surface area contributed by atoms with Gasteiger partial charge in [0.05, 0.1) is 22.6 Å². The molecule has 0 spiro atoms. The summed E-state index contributed by atoms with van der Waals surface area (Å²) in [6, 6.07) is 25.4. The van der Waals surface area contributed by atoms with E-state index in [0.29, 0.717) is 12.2 Å². The van der Waals surface area contributed by atoms with Crippen LogP contribution in [-0.2, 0) is 32.6 Å². The Morgan fingerprint density at radius 2 is 1.59 bits per heavy atom. The van der Waals surface area contributed by atoms with Crippen molar-refractivity contribution in [3.05, 3.63) is 129 Å². The minimum Gasteiger partial charge on any atom is -0.497 e. The van der Waals surface area contributed by atoms with E-state index in [2.05, 4.69) is 5.32 Å². The first-order valence-corrected chi connectivity index (χ1v) is 17.4. The van der Waals surface area contributed by atoms with Crippen molar-refractivity contribution in [2.24, 2.45) is 0 Å². The molecule has 4 aromatic rings. The van der Waals surface area contributed by atoms with Gasteiger partial charge in [0.15, 0.2) is 0 Å². The van der Waals surface area contributed by atoms with Crippen LogP contribution in [0.15, 0.2) is 102 Å². The molecule has 0 unspecified atom stereocenters. The number of nitro groups is 1. The summed E-state index contributed by atoms with van der Waals surface area (Å²) in [6.07, 6.45) is 0.849. The van der Waals surface area contributed by atoms with Crippen LogP contribution in [0, 0.1) is 24.0 Å². The van der Waals surface area contributed by atoms with Crippen molar-refractivity contribution in [1.29, 1.82) is 0 Å². The third-order valence-electron chi connectivity index (χ3n) is 8.31. The topological polar surface area (TPSA) is 139 Å². The predicted molar refractivity (Wildman–Crippen MR) is 189 cm³/mol. The van der Waals surface area contributed by atoms with Gasteiger partial charge < -0.3 is 15.0 Å². The summed E-state index contributed by atoms with van der Waals surface area (Å²) in [5.41, 5.74) is 2.59. The van der Waals surface area contributed by atoms with E-state index in [1.807, 2.05) is 75.4 Å². The van der Waals surface area contributed by atoms with Crippen LogP contribution in [-0.4, -0.2) is 55.8 Å². The van der Waals surface area contributed by atoms with E-state index in [9.17, 15) is 28.1 Å². The first-order chi connectivity index (χ1) is 23.3. The summed E-state index contributed by atoms with van der Waals surface area (Å²) < 4.78 is 34.8. The maximum Gasteiger partial charge on any atom is 0.273 e. The van der Waals surface area contributed by atoms with Gasteiger partial charge in [0.25, 0.3) is 15.7 Å². The van der Waals surface area contributed by atoms with Gasteiger partial charge in [-0.1, -0.05) is 73.2 Å². The van der Waals surface area contributed by atoms with Crippen LogP contribution < -0.4 is 14.4 Å². The fourth-order valence-electron chi connectivity index (χ4n) is 5.35. The number of hydrogen-bond donors (Lipinski definition) is 1. The Kier molecular flexibility index (Phi) is 12.1. The number of nitrogens with one attached hydrogen (secondary N) is 1. The minimum atomic E-state index is -4.54. The average Bonchev–Trinajstić information content (AvgIpc) is 3.09. The number of anilines is 1. The maximum absolute atomic E-state index is 14.6. The lowest BCUT2D eigenvalue weighted by molar-refractivity contribution is -0.385. The molecule has 12 heteroatoms. The number of rotatable bonds is 15. The molecule has 0 aliphatic heterocycles. The van der Waals surface area contributed by atoms with Crippen molar-refractivity contribution >= 4 is 33.2 Å². The second-order valence-corrected chi connectivity index (χ2v) is 13.8. The van der Waals surface area contributed by atoms with E-state index < -0.39 is 33.4 Å². The Morgan fingerprint density at radius 1 is 0.918 bits per heavy atom. The molecule has 0 saturated carbocycles. The molecule has 4 rings (SSSR count). The predicted octanol–water partition coefficient (Wildman–Crippen LogP) is 5.97. The van der Waals surface area contributed by atoms with Crippen LogP contribution in [0.1, 0.15) is 42.5 Å². The molecular weight excluding hydrogens is 644 g/mol. The standard InChI is InChI=1S/C37H42N4O7S/c1-6-28(4)38-37(43)35(22-29-12-8-7-9-13-29)39(24-30-14-10-11-26(2)21-30)36(42)25-40(31-16-18-32(48-5)19-17-31)49(46,47)33-20-15-27(3)34(23-33)41(44)45/h7-21,23,28,35H,6,22,24-25H2,1-5H3,(H,38,43)/t28-,35+/m1/s1. The largest absolute Gasteiger partial charge is 0.497 e. The van der Waals surface area contributed by atoms with Crippen molar-refractivity contribution in [1.82, 2.24) is 10.2 Å². The first-order valence-electron chi connectivity index (χ1n) is 15.9. The number of methoxy groups -OCH3 is 1. The van der Waals surface area contributed by atoms with E-state index in [-0.39, 0.29) is 46.7 Å². The van der Waals surface area contributed by atoms with E-state index in [1.54, 1.807) is 12.1 Å². The Labute approximate surface area is 287 Å². The summed E-state index contributed by atoms with van der Waals surface area (Å²) >= 11 is 0. The molecule has 0 heterocycles. The van der Waals surface area contributed by atoms with Gasteiger partial charge in [-0.3, -0.25) is 24.0 Å². The Hall–Kier alpha value is -5.23. The number of sulfonamides is 1. The molecule has 0 aliphatic rings. The molecule has 0 saturated heterocycles. The van der Waals surface area contributed by atoms with Gasteiger partial charge >= 0.3 is 0 Å². The highest BCUT2D eigenvalue weighted by molar-refractivity contribution is 7.92. The molecule has 2 atom stereocenters. The number of amides is 2. The molecule has 258 valence electrons. The maximum atomic E-state index is 14.6. The summed E-state index contributed by atoms with van der Waals surface area (Å²) in [5, 5.41) is 14.8. The molecule has 0 fully saturated rings. The van der Waals surface area contributed by atoms with Gasteiger partial charge in [-0.2, -0.15) is 0 Å². The molecule has 0 aliphatic carbocycles. The average molecular weight is 687 g/mol.